The summed E-state index contributed by atoms with van der Waals surface area (Å²) >= 11 is 2.13. The number of nitrogens with two attached hydrogens (primary N) is 1. The van der Waals surface area contributed by atoms with Crippen LogP contribution in [0.5, 0.6) is 11.5 Å². The molecule has 0 saturated heterocycles. The molecule has 8 heteroatoms. The molecule has 0 spiro atoms. The number of nitrogens with zero attached hydrogens (tertiary/aromatic N) is 2. The first-order valence-electron chi connectivity index (χ1n) is 8.40. The van der Waals surface area contributed by atoms with Crippen molar-refractivity contribution in [1.82, 2.24) is 4.98 Å². The molecule has 27 heavy (non-hydrogen) atoms. The Hall–Kier alpha value is -2.72. The molecule has 1 aliphatic rings. The summed E-state index contributed by atoms with van der Waals surface area (Å²) < 4.78 is 12.4. The highest BCUT2D eigenvalue weighted by Gasteiger charge is 2.24. The van der Waals surface area contributed by atoms with E-state index in [0.717, 1.165) is 29.3 Å². The van der Waals surface area contributed by atoms with Crippen LogP contribution in [0.2, 0.25) is 0 Å². The van der Waals surface area contributed by atoms with Crippen molar-refractivity contribution in [3.05, 3.63) is 37.2 Å². The third-order valence-corrected chi connectivity index (χ3v) is 5.37. The van der Waals surface area contributed by atoms with E-state index in [1.165, 1.54) is 7.11 Å². The quantitative estimate of drug-likeness (QED) is 0.653. The van der Waals surface area contributed by atoms with Gasteiger partial charge in [0.15, 0.2) is 11.5 Å². The Morgan fingerprint density at radius 2 is 1.89 bits per heavy atom. The van der Waals surface area contributed by atoms with Crippen molar-refractivity contribution in [2.45, 2.75) is 31.8 Å². The molecule has 0 atom stereocenters. The number of benzene rings is 1. The third kappa shape index (κ3) is 3.58. The molecular formula is C19H17IN4O3. The van der Waals surface area contributed by atoms with Gasteiger partial charge in [0.05, 0.1) is 16.8 Å². The predicted octanol–water partition coefficient (Wildman–Crippen LogP) is 3.30. The summed E-state index contributed by atoms with van der Waals surface area (Å²) in [5.74, 6) is 1.04. The highest BCUT2D eigenvalue weighted by molar-refractivity contribution is 14.1. The molecular weight excluding hydrogens is 459 g/mol. The number of hydrogen-bond donors (Lipinski definition) is 2. The van der Waals surface area contributed by atoms with Gasteiger partial charge in [0.2, 0.25) is 0 Å². The summed E-state index contributed by atoms with van der Waals surface area (Å²) in [6.07, 6.45) is 4.44. The largest absolute Gasteiger partial charge is 0.493 e. The standard InChI is InChI=1S/C19H17IN4O3/c1-26-15-7-10(6-14(20)17(15)27-11-4-2-3-5-11)16-12(8-21)18(23)24-19(25)13(16)9-22/h6-7,11H,2-5H2,1H3,(H3,23,24,25). The van der Waals surface area contributed by atoms with Crippen molar-refractivity contribution in [1.29, 1.82) is 10.5 Å². The number of aromatic nitrogens is 1. The summed E-state index contributed by atoms with van der Waals surface area (Å²) in [5, 5.41) is 18.9. The normalized spacial score (nSPS) is 13.8. The lowest BCUT2D eigenvalue weighted by molar-refractivity contribution is 0.199. The number of rotatable bonds is 4. The molecule has 7 nitrogen and oxygen atoms in total. The average Bonchev–Trinajstić information content (AvgIpc) is 3.16. The number of halogens is 1. The summed E-state index contributed by atoms with van der Waals surface area (Å²) in [4.78, 5) is 14.5. The second-order valence-corrected chi connectivity index (χ2v) is 7.39. The average molecular weight is 476 g/mol. The van der Waals surface area contributed by atoms with Crippen LogP contribution in [0.25, 0.3) is 11.1 Å². The van der Waals surface area contributed by atoms with Crippen molar-refractivity contribution < 1.29 is 9.47 Å². The summed E-state index contributed by atoms with van der Waals surface area (Å²) in [6.45, 7) is 0. The van der Waals surface area contributed by atoms with Gasteiger partial charge in [-0.25, -0.2) is 0 Å². The second-order valence-electron chi connectivity index (χ2n) is 6.23. The monoisotopic (exact) mass is 476 g/mol. The van der Waals surface area contributed by atoms with Gasteiger partial charge >= 0.3 is 0 Å². The van der Waals surface area contributed by atoms with E-state index in [-0.39, 0.29) is 28.6 Å². The Labute approximate surface area is 169 Å². The van der Waals surface area contributed by atoms with Gasteiger partial charge < -0.3 is 20.2 Å². The first-order chi connectivity index (χ1) is 13.0. The lowest BCUT2D eigenvalue weighted by atomic mass is 9.96. The van der Waals surface area contributed by atoms with Gasteiger partial charge in [0.25, 0.3) is 5.56 Å². The highest BCUT2D eigenvalue weighted by Crippen LogP contribution is 2.40. The lowest BCUT2D eigenvalue weighted by Crippen LogP contribution is -2.16. The van der Waals surface area contributed by atoms with Gasteiger partial charge in [0, 0.05) is 5.56 Å². The molecule has 1 saturated carbocycles. The molecule has 1 heterocycles. The zero-order valence-electron chi connectivity index (χ0n) is 14.6. The van der Waals surface area contributed by atoms with E-state index >= 15 is 0 Å². The summed E-state index contributed by atoms with van der Waals surface area (Å²) in [6, 6.07) is 7.28. The number of aromatic amines is 1. The smallest absolute Gasteiger partial charge is 0.268 e. The van der Waals surface area contributed by atoms with Gasteiger partial charge in [-0.2, -0.15) is 10.5 Å². The Morgan fingerprint density at radius 1 is 1.22 bits per heavy atom. The van der Waals surface area contributed by atoms with Crippen LogP contribution in [0.3, 0.4) is 0 Å². The second kappa shape index (κ2) is 7.89. The summed E-state index contributed by atoms with van der Waals surface area (Å²) in [7, 11) is 1.53. The van der Waals surface area contributed by atoms with Crippen LogP contribution >= 0.6 is 22.6 Å². The SMILES string of the molecule is COc1cc(-c2c(C#N)c(N)[nH]c(=O)c2C#N)cc(I)c1OC1CCCC1. The lowest BCUT2D eigenvalue weighted by Gasteiger charge is -2.19. The topological polar surface area (TPSA) is 125 Å². The first kappa shape index (κ1) is 19.1. The molecule has 138 valence electrons. The van der Waals surface area contributed by atoms with Gasteiger partial charge in [0.1, 0.15) is 29.1 Å². The minimum Gasteiger partial charge on any atom is -0.493 e. The Bertz CT molecular complexity index is 1030. The van der Waals surface area contributed by atoms with Gasteiger partial charge in [-0.3, -0.25) is 4.79 Å². The molecule has 2 aromatic rings. The Balaban J connectivity index is 2.19. The number of hydrogen-bond acceptors (Lipinski definition) is 6. The predicted molar refractivity (Wildman–Crippen MR) is 108 cm³/mol. The fourth-order valence-corrected chi connectivity index (χ4v) is 4.01. The molecule has 1 fully saturated rings. The van der Waals surface area contributed by atoms with Crippen LogP contribution in [0.1, 0.15) is 36.8 Å². The molecule has 3 N–H and O–H groups in total. The Morgan fingerprint density at radius 3 is 2.48 bits per heavy atom. The van der Waals surface area contributed by atoms with E-state index in [2.05, 4.69) is 27.6 Å². The number of methoxy groups -OCH3 is 1. The fourth-order valence-electron chi connectivity index (χ4n) is 3.28. The van der Waals surface area contributed by atoms with Crippen LogP contribution in [0, 0.1) is 26.2 Å². The van der Waals surface area contributed by atoms with Crippen molar-refractivity contribution in [2.24, 2.45) is 0 Å². The van der Waals surface area contributed by atoms with E-state index in [0.29, 0.717) is 17.1 Å². The molecule has 0 unspecified atom stereocenters. The molecule has 1 aromatic heterocycles. The zero-order chi connectivity index (χ0) is 19.6. The minimum absolute atomic E-state index is 0.0495. The molecule has 1 aliphatic carbocycles. The van der Waals surface area contributed by atoms with E-state index in [4.69, 9.17) is 15.2 Å². The van der Waals surface area contributed by atoms with Crippen LogP contribution in [0.4, 0.5) is 5.82 Å². The minimum atomic E-state index is -0.635. The molecule has 0 aliphatic heterocycles. The van der Waals surface area contributed by atoms with E-state index < -0.39 is 5.56 Å². The number of nitrogens with one attached hydrogen (secondary N) is 1. The highest BCUT2D eigenvalue weighted by atomic mass is 127. The maximum atomic E-state index is 12.1. The molecule has 0 radical (unpaired) electrons. The van der Waals surface area contributed by atoms with Gasteiger partial charge in [-0.05, 0) is 66.0 Å². The molecule has 1 aromatic carbocycles. The van der Waals surface area contributed by atoms with Gasteiger partial charge in [-0.1, -0.05) is 0 Å². The molecule has 0 bridgehead atoms. The molecule has 3 rings (SSSR count). The van der Waals surface area contributed by atoms with Crippen molar-refractivity contribution in [3.63, 3.8) is 0 Å². The number of ether oxygens (including phenoxy) is 2. The summed E-state index contributed by atoms with van der Waals surface area (Å²) in [5.41, 5.74) is 5.75. The number of nitriles is 2. The van der Waals surface area contributed by atoms with Crippen molar-refractivity contribution >= 4 is 28.4 Å². The van der Waals surface area contributed by atoms with Crippen LogP contribution in [-0.4, -0.2) is 18.2 Å². The first-order valence-corrected chi connectivity index (χ1v) is 9.48. The molecule has 0 amide bonds. The fraction of sp³-hybridized carbons (Fsp3) is 0.316. The van der Waals surface area contributed by atoms with Crippen molar-refractivity contribution in [3.8, 4) is 34.8 Å². The number of pyridine rings is 1. The Kier molecular flexibility index (Phi) is 5.57. The van der Waals surface area contributed by atoms with Crippen LogP contribution < -0.4 is 20.8 Å². The van der Waals surface area contributed by atoms with Crippen molar-refractivity contribution in [2.75, 3.05) is 12.8 Å². The maximum absolute atomic E-state index is 12.1. The van der Waals surface area contributed by atoms with E-state index in [9.17, 15) is 15.3 Å². The number of anilines is 1. The van der Waals surface area contributed by atoms with Gasteiger partial charge in [-0.15, -0.1) is 0 Å². The van der Waals surface area contributed by atoms with E-state index in [1.54, 1.807) is 12.1 Å². The van der Waals surface area contributed by atoms with E-state index in [1.807, 2.05) is 12.1 Å². The zero-order valence-corrected chi connectivity index (χ0v) is 16.8. The third-order valence-electron chi connectivity index (χ3n) is 4.57. The number of nitrogen functional groups attached to an aromatic ring is 1. The number of H-pyrrole nitrogens is 1. The maximum Gasteiger partial charge on any atom is 0.268 e. The van der Waals surface area contributed by atoms with Crippen LogP contribution in [0.15, 0.2) is 16.9 Å². The van der Waals surface area contributed by atoms with Crippen LogP contribution in [-0.2, 0) is 0 Å².